The number of carbonyl (C=O) groups is 2. The van der Waals surface area contributed by atoms with E-state index < -0.39 is 17.5 Å². The first-order valence-electron chi connectivity index (χ1n) is 6.66. The van der Waals surface area contributed by atoms with Gasteiger partial charge in [-0.1, -0.05) is 40.4 Å². The van der Waals surface area contributed by atoms with E-state index in [1.54, 1.807) is 18.2 Å². The van der Waals surface area contributed by atoms with Crippen LogP contribution in [0, 0.1) is 0 Å². The molecule has 0 spiro atoms. The van der Waals surface area contributed by atoms with Crippen molar-refractivity contribution in [3.8, 4) is 0 Å². The maximum absolute atomic E-state index is 12.1. The van der Waals surface area contributed by atoms with Crippen molar-refractivity contribution in [2.45, 2.75) is 37.6 Å². The molecular weight excluding hydrogens is 360 g/mol. The van der Waals surface area contributed by atoms with Gasteiger partial charge in [-0.2, -0.15) is 0 Å². The Morgan fingerprint density at radius 3 is 2.62 bits per heavy atom. The van der Waals surface area contributed by atoms with Crippen LogP contribution in [0.25, 0.3) is 0 Å². The quantitative estimate of drug-likeness (QED) is 0.744. The standard InChI is InChI=1S/C14H16BrClN2O3/c15-9-3-4-10(16)11(7-9)17-13(21)18-14(8-12(19)20)5-1-2-6-14/h3-4,7H,1-2,5-6,8H2,(H,19,20)(H2,17,18,21). The van der Waals surface area contributed by atoms with E-state index in [-0.39, 0.29) is 6.42 Å². The van der Waals surface area contributed by atoms with Gasteiger partial charge in [-0.05, 0) is 31.0 Å². The van der Waals surface area contributed by atoms with Crippen LogP contribution in [0.1, 0.15) is 32.1 Å². The van der Waals surface area contributed by atoms with Crippen molar-refractivity contribution in [2.24, 2.45) is 0 Å². The monoisotopic (exact) mass is 374 g/mol. The van der Waals surface area contributed by atoms with Crippen LogP contribution in [0.4, 0.5) is 10.5 Å². The zero-order chi connectivity index (χ0) is 15.5. The molecule has 0 aliphatic heterocycles. The van der Waals surface area contributed by atoms with Crippen LogP contribution in [-0.2, 0) is 4.79 Å². The second-order valence-corrected chi connectivity index (χ2v) is 6.58. The molecule has 0 unspecified atom stereocenters. The first kappa shape index (κ1) is 16.1. The molecule has 3 N–H and O–H groups in total. The summed E-state index contributed by atoms with van der Waals surface area (Å²) in [6, 6.07) is 4.71. The van der Waals surface area contributed by atoms with E-state index in [9.17, 15) is 9.59 Å². The number of amides is 2. The molecule has 2 rings (SSSR count). The molecule has 0 atom stereocenters. The van der Waals surface area contributed by atoms with Crippen molar-refractivity contribution in [2.75, 3.05) is 5.32 Å². The van der Waals surface area contributed by atoms with Crippen molar-refractivity contribution in [1.29, 1.82) is 0 Å². The third-order valence-electron chi connectivity index (χ3n) is 3.61. The van der Waals surface area contributed by atoms with Crippen LogP contribution in [0.3, 0.4) is 0 Å². The largest absolute Gasteiger partial charge is 0.481 e. The van der Waals surface area contributed by atoms with Crippen LogP contribution >= 0.6 is 27.5 Å². The smallest absolute Gasteiger partial charge is 0.319 e. The average molecular weight is 376 g/mol. The zero-order valence-corrected chi connectivity index (χ0v) is 13.6. The van der Waals surface area contributed by atoms with Gasteiger partial charge in [0.1, 0.15) is 0 Å². The third kappa shape index (κ3) is 4.35. The first-order chi connectivity index (χ1) is 9.90. The van der Waals surface area contributed by atoms with E-state index in [2.05, 4.69) is 26.6 Å². The molecule has 1 aromatic carbocycles. The molecule has 1 fully saturated rings. The lowest BCUT2D eigenvalue weighted by atomic mass is 9.93. The summed E-state index contributed by atoms with van der Waals surface area (Å²) in [5, 5.41) is 14.9. The van der Waals surface area contributed by atoms with E-state index in [4.69, 9.17) is 16.7 Å². The molecule has 0 saturated heterocycles. The fourth-order valence-electron chi connectivity index (χ4n) is 2.67. The SMILES string of the molecule is O=C(O)CC1(NC(=O)Nc2cc(Br)ccc2Cl)CCCC1. The molecule has 1 aliphatic rings. The Balaban J connectivity index is 2.06. The lowest BCUT2D eigenvalue weighted by molar-refractivity contribution is -0.138. The Hall–Kier alpha value is -1.27. The van der Waals surface area contributed by atoms with Gasteiger partial charge >= 0.3 is 12.0 Å². The number of carboxylic acids is 1. The predicted molar refractivity (Wildman–Crippen MR) is 84.8 cm³/mol. The molecule has 7 heteroatoms. The van der Waals surface area contributed by atoms with E-state index in [0.717, 1.165) is 17.3 Å². The minimum absolute atomic E-state index is 0.0629. The number of anilines is 1. The number of carboxylic acid groups (broad SMARTS) is 1. The predicted octanol–water partition coefficient (Wildman–Crippen LogP) is 4.01. The van der Waals surface area contributed by atoms with Crippen molar-refractivity contribution < 1.29 is 14.7 Å². The average Bonchev–Trinajstić information content (AvgIpc) is 2.80. The number of carbonyl (C=O) groups excluding carboxylic acids is 1. The summed E-state index contributed by atoms with van der Waals surface area (Å²) < 4.78 is 0.795. The van der Waals surface area contributed by atoms with Gasteiger partial charge in [0.15, 0.2) is 0 Å². The van der Waals surface area contributed by atoms with E-state index in [0.29, 0.717) is 23.6 Å². The van der Waals surface area contributed by atoms with Gasteiger partial charge in [-0.15, -0.1) is 0 Å². The summed E-state index contributed by atoms with van der Waals surface area (Å²) >= 11 is 9.33. The summed E-state index contributed by atoms with van der Waals surface area (Å²) in [5.74, 6) is -0.905. The lowest BCUT2D eigenvalue weighted by Crippen LogP contribution is -2.49. The number of halogens is 2. The van der Waals surface area contributed by atoms with Gasteiger partial charge < -0.3 is 15.7 Å². The van der Waals surface area contributed by atoms with Crippen LogP contribution in [0.15, 0.2) is 22.7 Å². The van der Waals surface area contributed by atoms with Crippen LogP contribution in [0.5, 0.6) is 0 Å². The molecule has 0 aromatic heterocycles. The topological polar surface area (TPSA) is 78.4 Å². The molecule has 1 aliphatic carbocycles. The summed E-state index contributed by atoms with van der Waals surface area (Å²) in [6.45, 7) is 0. The summed E-state index contributed by atoms with van der Waals surface area (Å²) in [5.41, 5.74) is -0.180. The van der Waals surface area contributed by atoms with Gasteiger partial charge in [0.25, 0.3) is 0 Å². The highest BCUT2D eigenvalue weighted by Gasteiger charge is 2.37. The second kappa shape index (κ2) is 6.66. The molecule has 1 aromatic rings. The Morgan fingerprint density at radius 1 is 1.33 bits per heavy atom. The van der Waals surface area contributed by atoms with E-state index in [1.165, 1.54) is 0 Å². The molecule has 0 heterocycles. The highest BCUT2D eigenvalue weighted by molar-refractivity contribution is 9.10. The van der Waals surface area contributed by atoms with Gasteiger partial charge in [-0.3, -0.25) is 4.79 Å². The Morgan fingerprint density at radius 2 is 2.00 bits per heavy atom. The molecule has 2 amide bonds. The Kier molecular flexibility index (Phi) is 5.11. The van der Waals surface area contributed by atoms with Crippen LogP contribution in [0.2, 0.25) is 5.02 Å². The molecule has 0 bridgehead atoms. The highest BCUT2D eigenvalue weighted by atomic mass is 79.9. The number of hydrogen-bond acceptors (Lipinski definition) is 2. The highest BCUT2D eigenvalue weighted by Crippen LogP contribution is 2.33. The van der Waals surface area contributed by atoms with Crippen molar-refractivity contribution >= 4 is 45.2 Å². The number of hydrogen-bond donors (Lipinski definition) is 3. The Bertz CT molecular complexity index is 559. The van der Waals surface area contributed by atoms with Gasteiger partial charge in [0.05, 0.1) is 22.7 Å². The van der Waals surface area contributed by atoms with Crippen LogP contribution in [-0.4, -0.2) is 22.6 Å². The lowest BCUT2D eigenvalue weighted by Gasteiger charge is -2.28. The molecule has 21 heavy (non-hydrogen) atoms. The summed E-state index contributed by atoms with van der Waals surface area (Å²) in [6.07, 6.45) is 3.14. The number of benzene rings is 1. The number of nitrogens with one attached hydrogen (secondary N) is 2. The minimum atomic E-state index is -0.905. The van der Waals surface area contributed by atoms with Gasteiger partial charge in [0.2, 0.25) is 0 Å². The molecule has 1 saturated carbocycles. The van der Waals surface area contributed by atoms with Gasteiger partial charge in [0, 0.05) is 4.47 Å². The third-order valence-corrected chi connectivity index (χ3v) is 4.43. The normalized spacial score (nSPS) is 16.5. The maximum Gasteiger partial charge on any atom is 0.319 e. The molecular formula is C14H16BrClN2O3. The summed E-state index contributed by atoms with van der Waals surface area (Å²) in [7, 11) is 0. The number of rotatable bonds is 4. The molecule has 0 radical (unpaired) electrons. The fraction of sp³-hybridized carbons (Fsp3) is 0.429. The van der Waals surface area contributed by atoms with Gasteiger partial charge in [-0.25, -0.2) is 4.79 Å². The minimum Gasteiger partial charge on any atom is -0.481 e. The number of aliphatic carboxylic acids is 1. The zero-order valence-electron chi connectivity index (χ0n) is 11.3. The summed E-state index contributed by atoms with van der Waals surface area (Å²) in [4.78, 5) is 23.1. The second-order valence-electron chi connectivity index (χ2n) is 5.26. The fourth-order valence-corrected chi connectivity index (χ4v) is 3.20. The van der Waals surface area contributed by atoms with E-state index in [1.807, 2.05) is 0 Å². The first-order valence-corrected chi connectivity index (χ1v) is 7.83. The van der Waals surface area contributed by atoms with Crippen molar-refractivity contribution in [3.63, 3.8) is 0 Å². The van der Waals surface area contributed by atoms with Crippen molar-refractivity contribution in [1.82, 2.24) is 5.32 Å². The molecule has 114 valence electrons. The maximum atomic E-state index is 12.1. The van der Waals surface area contributed by atoms with Crippen LogP contribution < -0.4 is 10.6 Å². The number of urea groups is 1. The van der Waals surface area contributed by atoms with Crippen molar-refractivity contribution in [3.05, 3.63) is 27.7 Å². The van der Waals surface area contributed by atoms with E-state index >= 15 is 0 Å². The molecule has 5 nitrogen and oxygen atoms in total. The Labute approximate surface area is 136 Å².